The highest BCUT2D eigenvalue weighted by molar-refractivity contribution is 6.42. The number of hydrogen-bond acceptors (Lipinski definition) is 5. The summed E-state index contributed by atoms with van der Waals surface area (Å²) in [5, 5.41) is 6.49. The number of hydrogen-bond donors (Lipinski definition) is 2. The lowest BCUT2D eigenvalue weighted by Crippen LogP contribution is -2.57. The summed E-state index contributed by atoms with van der Waals surface area (Å²) < 4.78 is 5.62. The number of halogens is 2. The van der Waals surface area contributed by atoms with Crippen molar-refractivity contribution < 1.29 is 19.1 Å². The van der Waals surface area contributed by atoms with Crippen molar-refractivity contribution in [2.45, 2.75) is 36.8 Å². The predicted molar refractivity (Wildman–Crippen MR) is 132 cm³/mol. The van der Waals surface area contributed by atoms with Crippen LogP contribution in [0.15, 0.2) is 42.5 Å². The third-order valence-corrected chi connectivity index (χ3v) is 7.36. The van der Waals surface area contributed by atoms with E-state index >= 15 is 0 Å². The van der Waals surface area contributed by atoms with Gasteiger partial charge in [-0.05, 0) is 61.2 Å². The zero-order valence-corrected chi connectivity index (χ0v) is 20.6. The Hall–Kier alpha value is -2.61. The molecule has 1 saturated carbocycles. The van der Waals surface area contributed by atoms with Gasteiger partial charge in [0.15, 0.2) is 5.78 Å². The maximum atomic E-state index is 13.5. The first kappa shape index (κ1) is 24.5. The van der Waals surface area contributed by atoms with Gasteiger partial charge in [0.1, 0.15) is 12.1 Å². The van der Waals surface area contributed by atoms with Gasteiger partial charge in [0, 0.05) is 31.9 Å². The molecule has 3 unspecified atom stereocenters. The maximum Gasteiger partial charge on any atom is 0.251 e. The minimum Gasteiger partial charge on any atom is -0.378 e. The number of amides is 2. The molecular formula is C25H27Cl2N3O4. The average Bonchev–Trinajstić information content (AvgIpc) is 3.35. The molecule has 2 amide bonds. The van der Waals surface area contributed by atoms with E-state index in [1.165, 1.54) is 0 Å². The normalized spacial score (nSPS) is 22.2. The van der Waals surface area contributed by atoms with Crippen LogP contribution in [0.1, 0.15) is 41.1 Å². The van der Waals surface area contributed by atoms with Gasteiger partial charge in [0.2, 0.25) is 5.91 Å². The highest BCUT2D eigenvalue weighted by Gasteiger charge is 2.55. The molecule has 1 saturated heterocycles. The first-order valence-corrected chi connectivity index (χ1v) is 11.9. The summed E-state index contributed by atoms with van der Waals surface area (Å²) in [6.45, 7) is 0.0237. The van der Waals surface area contributed by atoms with Crippen molar-refractivity contribution >= 4 is 46.5 Å². The van der Waals surface area contributed by atoms with E-state index in [9.17, 15) is 14.4 Å². The Kier molecular flexibility index (Phi) is 7.17. The van der Waals surface area contributed by atoms with Crippen LogP contribution in [0.5, 0.6) is 0 Å². The van der Waals surface area contributed by atoms with Crippen molar-refractivity contribution in [3.63, 3.8) is 0 Å². The van der Waals surface area contributed by atoms with Gasteiger partial charge in [0.05, 0.1) is 22.1 Å². The fourth-order valence-corrected chi connectivity index (χ4v) is 4.95. The Morgan fingerprint density at radius 3 is 2.56 bits per heavy atom. The van der Waals surface area contributed by atoms with E-state index in [0.717, 1.165) is 18.5 Å². The van der Waals surface area contributed by atoms with Crippen LogP contribution in [-0.2, 0) is 14.3 Å². The Morgan fingerprint density at radius 2 is 1.88 bits per heavy atom. The maximum absolute atomic E-state index is 13.5. The van der Waals surface area contributed by atoms with E-state index in [0.29, 0.717) is 27.6 Å². The van der Waals surface area contributed by atoms with Crippen molar-refractivity contribution in [1.29, 1.82) is 0 Å². The zero-order valence-electron chi connectivity index (χ0n) is 19.1. The highest BCUT2D eigenvalue weighted by Crippen LogP contribution is 2.38. The van der Waals surface area contributed by atoms with Crippen LogP contribution in [0.2, 0.25) is 10.0 Å². The number of ether oxygens (including phenoxy) is 1. The third-order valence-electron chi connectivity index (χ3n) is 6.62. The van der Waals surface area contributed by atoms with Crippen molar-refractivity contribution in [2.24, 2.45) is 0 Å². The fourth-order valence-electron chi connectivity index (χ4n) is 4.64. The molecule has 0 aromatic heterocycles. The number of Topliss-reactive ketones (excluding diaryl/α,β-unsaturated/α-hetero) is 1. The van der Waals surface area contributed by atoms with Gasteiger partial charge in [-0.25, -0.2) is 0 Å². The van der Waals surface area contributed by atoms with Crippen molar-refractivity contribution in [2.75, 3.05) is 32.1 Å². The summed E-state index contributed by atoms with van der Waals surface area (Å²) in [6, 6.07) is 12.1. The largest absolute Gasteiger partial charge is 0.378 e. The zero-order chi connectivity index (χ0) is 24.5. The van der Waals surface area contributed by atoms with E-state index < -0.39 is 11.5 Å². The van der Waals surface area contributed by atoms with Gasteiger partial charge in [0.25, 0.3) is 5.91 Å². The molecule has 2 aromatic carbocycles. The SMILES string of the molecule is CN(C)c1ccc(C(=O)NCC(C(=O)NC23CCCC2OCC3=O)c2ccc(Cl)c(Cl)c2)cc1. The van der Waals surface area contributed by atoms with E-state index in [-0.39, 0.29) is 36.9 Å². The Bertz CT molecular complexity index is 1110. The molecule has 1 aliphatic heterocycles. The van der Waals surface area contributed by atoms with E-state index in [4.69, 9.17) is 27.9 Å². The second-order valence-corrected chi connectivity index (χ2v) is 9.77. The van der Waals surface area contributed by atoms with Gasteiger partial charge >= 0.3 is 0 Å². The van der Waals surface area contributed by atoms with E-state index in [1.54, 1.807) is 30.3 Å². The minimum absolute atomic E-state index is 0.00205. The average molecular weight is 504 g/mol. The molecular weight excluding hydrogens is 477 g/mol. The molecule has 4 rings (SSSR count). The monoisotopic (exact) mass is 503 g/mol. The summed E-state index contributed by atoms with van der Waals surface area (Å²) in [7, 11) is 3.84. The standard InChI is InChI=1S/C25H27Cl2N3O4/c1-30(2)17-8-5-15(6-9-17)23(32)28-13-18(16-7-10-19(26)20(27)12-16)24(33)29-25-11-3-4-22(25)34-14-21(25)31/h5-10,12,18,22H,3-4,11,13-14H2,1-2H3,(H,28,32)(H,29,33). The number of nitrogens with zero attached hydrogens (tertiary/aromatic N) is 1. The number of ketones is 1. The lowest BCUT2D eigenvalue weighted by atomic mass is 9.90. The van der Waals surface area contributed by atoms with Crippen molar-refractivity contribution in [3.8, 4) is 0 Å². The number of rotatable bonds is 7. The third kappa shape index (κ3) is 4.78. The van der Waals surface area contributed by atoms with Crippen LogP contribution in [0.4, 0.5) is 5.69 Å². The highest BCUT2D eigenvalue weighted by atomic mass is 35.5. The Balaban J connectivity index is 1.54. The first-order valence-electron chi connectivity index (χ1n) is 11.2. The molecule has 1 aliphatic carbocycles. The number of benzene rings is 2. The van der Waals surface area contributed by atoms with Crippen LogP contribution >= 0.6 is 23.2 Å². The van der Waals surface area contributed by atoms with Gasteiger partial charge in [-0.3, -0.25) is 14.4 Å². The van der Waals surface area contributed by atoms with Gasteiger partial charge < -0.3 is 20.3 Å². The number of nitrogens with one attached hydrogen (secondary N) is 2. The molecule has 9 heteroatoms. The summed E-state index contributed by atoms with van der Waals surface area (Å²) >= 11 is 12.3. The summed E-state index contributed by atoms with van der Waals surface area (Å²) in [6.07, 6.45) is 1.75. The fraction of sp³-hybridized carbons (Fsp3) is 0.400. The van der Waals surface area contributed by atoms with Crippen LogP contribution in [0.25, 0.3) is 0 Å². The quantitative estimate of drug-likeness (QED) is 0.602. The molecule has 2 N–H and O–H groups in total. The topological polar surface area (TPSA) is 87.7 Å². The van der Waals surface area contributed by atoms with Crippen molar-refractivity contribution in [3.05, 3.63) is 63.6 Å². The Morgan fingerprint density at radius 1 is 1.15 bits per heavy atom. The molecule has 2 aliphatic rings. The number of carbonyl (C=O) groups is 3. The molecule has 7 nitrogen and oxygen atoms in total. The molecule has 2 fully saturated rings. The van der Waals surface area contributed by atoms with Gasteiger partial charge in [-0.15, -0.1) is 0 Å². The number of carbonyl (C=O) groups excluding carboxylic acids is 3. The lowest BCUT2D eigenvalue weighted by molar-refractivity contribution is -0.130. The molecule has 34 heavy (non-hydrogen) atoms. The van der Waals surface area contributed by atoms with Crippen LogP contribution in [0.3, 0.4) is 0 Å². The lowest BCUT2D eigenvalue weighted by Gasteiger charge is -2.30. The predicted octanol–water partition coefficient (Wildman–Crippen LogP) is 3.58. The minimum atomic E-state index is -1.00. The second kappa shape index (κ2) is 9.94. The molecule has 180 valence electrons. The van der Waals surface area contributed by atoms with E-state index in [2.05, 4.69) is 10.6 Å². The molecule has 0 spiro atoms. The summed E-state index contributed by atoms with van der Waals surface area (Å²) in [5.74, 6) is -1.56. The molecule has 0 radical (unpaired) electrons. The van der Waals surface area contributed by atoms with Crippen molar-refractivity contribution in [1.82, 2.24) is 10.6 Å². The first-order chi connectivity index (χ1) is 16.2. The number of anilines is 1. The molecule has 2 aromatic rings. The molecule has 3 atom stereocenters. The summed E-state index contributed by atoms with van der Waals surface area (Å²) in [4.78, 5) is 40.9. The smallest absolute Gasteiger partial charge is 0.251 e. The van der Waals surface area contributed by atoms with E-state index in [1.807, 2.05) is 31.1 Å². The number of fused-ring (bicyclic) bond motifs is 1. The molecule has 0 bridgehead atoms. The van der Waals surface area contributed by atoms with Crippen LogP contribution < -0.4 is 15.5 Å². The van der Waals surface area contributed by atoms with Crippen LogP contribution in [-0.4, -0.2) is 56.5 Å². The second-order valence-electron chi connectivity index (χ2n) is 8.95. The summed E-state index contributed by atoms with van der Waals surface area (Å²) in [5.41, 5.74) is 1.04. The molecule has 1 heterocycles. The van der Waals surface area contributed by atoms with Gasteiger partial charge in [-0.2, -0.15) is 0 Å². The van der Waals surface area contributed by atoms with Crippen LogP contribution in [0, 0.1) is 0 Å². The van der Waals surface area contributed by atoms with Gasteiger partial charge in [-0.1, -0.05) is 29.3 Å². The Labute approximate surface area is 208 Å².